The molecule has 0 unspecified atom stereocenters. The summed E-state index contributed by atoms with van der Waals surface area (Å²) in [5.41, 5.74) is 2.95. The van der Waals surface area contributed by atoms with Crippen LogP contribution < -0.4 is 10.1 Å². The van der Waals surface area contributed by atoms with E-state index in [2.05, 4.69) is 21.2 Å². The summed E-state index contributed by atoms with van der Waals surface area (Å²) in [5, 5.41) is 3.70. The second-order valence-electron chi connectivity index (χ2n) is 4.40. The number of alkyl halides is 1. The molecule has 2 aromatic carbocycles. The number of hydrogen-bond donors (Lipinski definition) is 1. The number of amides is 1. The van der Waals surface area contributed by atoms with Crippen LogP contribution in [-0.4, -0.2) is 13.0 Å². The first-order valence-corrected chi connectivity index (χ1v) is 7.41. The molecule has 0 aliphatic heterocycles. The number of rotatable bonds is 5. The van der Waals surface area contributed by atoms with Crippen LogP contribution in [0.15, 0.2) is 48.5 Å². The number of methoxy groups -OCH3 is 1. The average Bonchev–Trinajstić information content (AvgIpc) is 2.49. The van der Waals surface area contributed by atoms with E-state index < -0.39 is 0 Å². The number of carbonyl (C=O) groups is 1. The van der Waals surface area contributed by atoms with Crippen LogP contribution in [0.25, 0.3) is 0 Å². The van der Waals surface area contributed by atoms with Gasteiger partial charge in [-0.2, -0.15) is 0 Å². The summed E-state index contributed by atoms with van der Waals surface area (Å²) in [6, 6.07) is 15.3. The Morgan fingerprint density at radius 1 is 1.05 bits per heavy atom. The Hall–Kier alpha value is -1.81. The Bertz CT molecular complexity index is 513. The minimum atomic E-state index is -0.0261. The van der Waals surface area contributed by atoms with E-state index in [-0.39, 0.29) is 5.91 Å². The molecule has 20 heavy (non-hydrogen) atoms. The van der Waals surface area contributed by atoms with Crippen LogP contribution in [-0.2, 0) is 16.5 Å². The van der Waals surface area contributed by atoms with E-state index in [1.165, 1.54) is 5.56 Å². The number of halogens is 1. The van der Waals surface area contributed by atoms with Crippen molar-refractivity contribution in [2.24, 2.45) is 0 Å². The molecule has 0 heterocycles. The van der Waals surface area contributed by atoms with Crippen LogP contribution in [0.2, 0.25) is 0 Å². The molecular formula is C16H16BrNO2. The first-order chi connectivity index (χ1) is 9.71. The minimum Gasteiger partial charge on any atom is -0.497 e. The summed E-state index contributed by atoms with van der Waals surface area (Å²) in [7, 11) is 1.62. The molecule has 0 aromatic heterocycles. The van der Waals surface area contributed by atoms with Gasteiger partial charge in [0, 0.05) is 11.0 Å². The maximum atomic E-state index is 11.9. The van der Waals surface area contributed by atoms with Gasteiger partial charge >= 0.3 is 0 Å². The maximum Gasteiger partial charge on any atom is 0.228 e. The van der Waals surface area contributed by atoms with Crippen LogP contribution >= 0.6 is 15.9 Å². The van der Waals surface area contributed by atoms with E-state index in [0.717, 1.165) is 22.3 Å². The fourth-order valence-corrected chi connectivity index (χ4v) is 2.18. The molecule has 0 aliphatic rings. The van der Waals surface area contributed by atoms with Gasteiger partial charge < -0.3 is 10.1 Å². The largest absolute Gasteiger partial charge is 0.497 e. The molecule has 0 spiro atoms. The van der Waals surface area contributed by atoms with Crippen LogP contribution in [0, 0.1) is 0 Å². The highest BCUT2D eigenvalue weighted by atomic mass is 79.9. The van der Waals surface area contributed by atoms with Gasteiger partial charge in [-0.3, -0.25) is 4.79 Å². The summed E-state index contributed by atoms with van der Waals surface area (Å²) < 4.78 is 5.09. The molecule has 104 valence electrons. The van der Waals surface area contributed by atoms with E-state index in [4.69, 9.17) is 4.74 Å². The van der Waals surface area contributed by atoms with Crippen LogP contribution in [0.5, 0.6) is 5.75 Å². The molecule has 0 saturated heterocycles. The van der Waals surface area contributed by atoms with Crippen molar-refractivity contribution in [3.05, 3.63) is 59.7 Å². The molecule has 0 atom stereocenters. The third-order valence-electron chi connectivity index (χ3n) is 2.92. The minimum absolute atomic E-state index is 0.0261. The molecule has 4 heteroatoms. The second-order valence-corrected chi connectivity index (χ2v) is 4.96. The molecule has 1 N–H and O–H groups in total. The van der Waals surface area contributed by atoms with Gasteiger partial charge in [-0.05, 0) is 35.4 Å². The fraction of sp³-hybridized carbons (Fsp3) is 0.188. The Kier molecular flexibility index (Phi) is 5.18. The van der Waals surface area contributed by atoms with Crippen molar-refractivity contribution in [2.45, 2.75) is 11.8 Å². The molecule has 3 nitrogen and oxygen atoms in total. The number of benzene rings is 2. The highest BCUT2D eigenvalue weighted by Gasteiger charge is 2.04. The zero-order chi connectivity index (χ0) is 14.4. The molecule has 0 bridgehead atoms. The van der Waals surface area contributed by atoms with Gasteiger partial charge in [-0.1, -0.05) is 40.2 Å². The monoisotopic (exact) mass is 333 g/mol. The van der Waals surface area contributed by atoms with Crippen molar-refractivity contribution in [3.63, 3.8) is 0 Å². The van der Waals surface area contributed by atoms with Gasteiger partial charge in [-0.25, -0.2) is 0 Å². The van der Waals surface area contributed by atoms with Gasteiger partial charge in [-0.15, -0.1) is 0 Å². The molecule has 0 fully saturated rings. The average molecular weight is 334 g/mol. The Labute approximate surface area is 127 Å². The van der Waals surface area contributed by atoms with Gasteiger partial charge in [0.2, 0.25) is 5.91 Å². The van der Waals surface area contributed by atoms with E-state index in [1.54, 1.807) is 7.11 Å². The summed E-state index contributed by atoms with van der Waals surface area (Å²) in [6.07, 6.45) is 0.351. The van der Waals surface area contributed by atoms with Crippen molar-refractivity contribution in [2.75, 3.05) is 12.4 Å². The zero-order valence-corrected chi connectivity index (χ0v) is 12.8. The predicted octanol–water partition coefficient (Wildman–Crippen LogP) is 3.77. The normalized spacial score (nSPS) is 10.1. The zero-order valence-electron chi connectivity index (χ0n) is 11.2. The van der Waals surface area contributed by atoms with Crippen molar-refractivity contribution in [3.8, 4) is 5.75 Å². The van der Waals surface area contributed by atoms with E-state index in [0.29, 0.717) is 6.42 Å². The SMILES string of the molecule is COc1ccc(CC(=O)Nc2ccc(CBr)cc2)cc1. The van der Waals surface area contributed by atoms with Gasteiger partial charge in [0.25, 0.3) is 0 Å². The Morgan fingerprint density at radius 3 is 2.20 bits per heavy atom. The molecular weight excluding hydrogens is 318 g/mol. The lowest BCUT2D eigenvalue weighted by Gasteiger charge is -2.06. The van der Waals surface area contributed by atoms with Crippen LogP contribution in [0.3, 0.4) is 0 Å². The highest BCUT2D eigenvalue weighted by Crippen LogP contribution is 2.14. The summed E-state index contributed by atoms with van der Waals surface area (Å²) >= 11 is 3.39. The lowest BCUT2D eigenvalue weighted by atomic mass is 10.1. The van der Waals surface area contributed by atoms with Crippen molar-refractivity contribution < 1.29 is 9.53 Å². The molecule has 2 rings (SSSR count). The Balaban J connectivity index is 1.93. The smallest absolute Gasteiger partial charge is 0.228 e. The van der Waals surface area contributed by atoms with Crippen LogP contribution in [0.4, 0.5) is 5.69 Å². The van der Waals surface area contributed by atoms with Crippen molar-refractivity contribution in [1.29, 1.82) is 0 Å². The first kappa shape index (κ1) is 14.6. The number of ether oxygens (including phenoxy) is 1. The van der Waals surface area contributed by atoms with E-state index >= 15 is 0 Å². The number of carbonyl (C=O) groups excluding carboxylic acids is 1. The highest BCUT2D eigenvalue weighted by molar-refractivity contribution is 9.08. The lowest BCUT2D eigenvalue weighted by molar-refractivity contribution is -0.115. The predicted molar refractivity (Wildman–Crippen MR) is 84.4 cm³/mol. The summed E-state index contributed by atoms with van der Waals surface area (Å²) in [5.74, 6) is 0.765. The third kappa shape index (κ3) is 4.10. The number of hydrogen-bond acceptors (Lipinski definition) is 2. The quantitative estimate of drug-likeness (QED) is 0.846. The lowest BCUT2D eigenvalue weighted by Crippen LogP contribution is -2.14. The molecule has 1 amide bonds. The van der Waals surface area contributed by atoms with Gasteiger partial charge in [0.1, 0.15) is 5.75 Å². The molecule has 0 aliphatic carbocycles. The second kappa shape index (κ2) is 7.10. The van der Waals surface area contributed by atoms with Crippen LogP contribution in [0.1, 0.15) is 11.1 Å². The number of anilines is 1. The molecule has 0 saturated carbocycles. The summed E-state index contributed by atoms with van der Waals surface area (Å²) in [6.45, 7) is 0. The molecule has 2 aromatic rings. The van der Waals surface area contributed by atoms with Crippen molar-refractivity contribution >= 4 is 27.5 Å². The fourth-order valence-electron chi connectivity index (χ4n) is 1.81. The maximum absolute atomic E-state index is 11.9. The topological polar surface area (TPSA) is 38.3 Å². The van der Waals surface area contributed by atoms with Crippen molar-refractivity contribution in [1.82, 2.24) is 0 Å². The first-order valence-electron chi connectivity index (χ1n) is 6.29. The standard InChI is InChI=1S/C16H16BrNO2/c1-20-15-8-4-12(5-9-15)10-16(19)18-14-6-2-13(11-17)3-7-14/h2-9H,10-11H2,1H3,(H,18,19). The third-order valence-corrected chi connectivity index (χ3v) is 3.56. The van der Waals surface area contributed by atoms with E-state index in [1.807, 2.05) is 48.5 Å². The Morgan fingerprint density at radius 2 is 1.65 bits per heavy atom. The number of nitrogens with one attached hydrogen (secondary N) is 1. The summed E-state index contributed by atoms with van der Waals surface area (Å²) in [4.78, 5) is 11.9. The van der Waals surface area contributed by atoms with Gasteiger partial charge in [0.05, 0.1) is 13.5 Å². The van der Waals surface area contributed by atoms with Gasteiger partial charge in [0.15, 0.2) is 0 Å². The molecule has 0 radical (unpaired) electrons. The van der Waals surface area contributed by atoms with E-state index in [9.17, 15) is 4.79 Å².